The molecule has 0 aromatic heterocycles. The van der Waals surface area contributed by atoms with E-state index < -0.39 is 11.7 Å². The summed E-state index contributed by atoms with van der Waals surface area (Å²) in [6, 6.07) is 5.59. The quantitative estimate of drug-likeness (QED) is 0.878. The molecule has 0 unspecified atom stereocenters. The summed E-state index contributed by atoms with van der Waals surface area (Å²) in [5.74, 6) is 0. The maximum absolute atomic E-state index is 12.8. The molecule has 0 bridgehead atoms. The molecular weight excluding hydrogens is 243 g/mol. The van der Waals surface area contributed by atoms with Crippen molar-refractivity contribution in [3.05, 3.63) is 29.3 Å². The Morgan fingerprint density at radius 1 is 1.39 bits per heavy atom. The van der Waals surface area contributed by atoms with E-state index in [-0.39, 0.29) is 11.6 Å². The van der Waals surface area contributed by atoms with Crippen molar-refractivity contribution >= 4 is 5.69 Å². The molecule has 1 fully saturated rings. The third kappa shape index (κ3) is 2.27. The van der Waals surface area contributed by atoms with E-state index in [0.29, 0.717) is 5.69 Å². The highest BCUT2D eigenvalue weighted by atomic mass is 19.4. The Labute approximate surface area is 103 Å². The summed E-state index contributed by atoms with van der Waals surface area (Å²) in [7, 11) is 1.76. The Balaban J connectivity index is 2.36. The van der Waals surface area contributed by atoms with Gasteiger partial charge in [-0.3, -0.25) is 0 Å². The molecule has 1 aliphatic rings. The van der Waals surface area contributed by atoms with Crippen molar-refractivity contribution in [2.75, 3.05) is 25.0 Å². The van der Waals surface area contributed by atoms with E-state index in [2.05, 4.69) is 5.32 Å². The molecule has 1 aromatic carbocycles. The second kappa shape index (κ2) is 4.50. The normalized spacial score (nSPS) is 15.9. The van der Waals surface area contributed by atoms with Crippen LogP contribution in [0.5, 0.6) is 0 Å². The summed E-state index contributed by atoms with van der Waals surface area (Å²) in [5.41, 5.74) is -0.735. The summed E-state index contributed by atoms with van der Waals surface area (Å²) in [6.45, 7) is 1.52. The molecule has 0 spiro atoms. The van der Waals surface area contributed by atoms with Crippen LogP contribution in [0.1, 0.15) is 11.1 Å². The zero-order valence-electron chi connectivity index (χ0n) is 9.75. The van der Waals surface area contributed by atoms with E-state index in [4.69, 9.17) is 5.26 Å². The van der Waals surface area contributed by atoms with Gasteiger partial charge in [0.25, 0.3) is 0 Å². The summed E-state index contributed by atoms with van der Waals surface area (Å²) in [4.78, 5) is 1.80. The standard InChI is InChI=1S/C12H12F3N3/c1-18(10-6-17-7-10)9-3-2-8(5-16)11(4-9)12(13,14)15/h2-4,10,17H,6-7H2,1H3. The number of hydrogen-bond acceptors (Lipinski definition) is 3. The third-order valence-corrected chi connectivity index (χ3v) is 3.14. The zero-order valence-corrected chi connectivity index (χ0v) is 9.75. The minimum absolute atomic E-state index is 0.207. The first kappa shape index (κ1) is 12.7. The molecule has 1 heterocycles. The van der Waals surface area contributed by atoms with Crippen molar-refractivity contribution in [1.82, 2.24) is 5.32 Å². The van der Waals surface area contributed by atoms with Crippen molar-refractivity contribution in [3.8, 4) is 6.07 Å². The van der Waals surface area contributed by atoms with Gasteiger partial charge in [0.2, 0.25) is 0 Å². The number of halogens is 3. The molecule has 1 aromatic rings. The first-order valence-corrected chi connectivity index (χ1v) is 5.48. The molecule has 0 radical (unpaired) electrons. The van der Waals surface area contributed by atoms with Crippen LogP contribution in [0.4, 0.5) is 18.9 Å². The number of nitriles is 1. The van der Waals surface area contributed by atoms with Gasteiger partial charge in [0.05, 0.1) is 23.2 Å². The zero-order chi connectivity index (χ0) is 13.3. The highest BCUT2D eigenvalue weighted by Gasteiger charge is 2.34. The van der Waals surface area contributed by atoms with Crippen molar-refractivity contribution in [2.24, 2.45) is 0 Å². The maximum Gasteiger partial charge on any atom is 0.417 e. The maximum atomic E-state index is 12.8. The van der Waals surface area contributed by atoms with Gasteiger partial charge in [0, 0.05) is 25.8 Å². The number of rotatable bonds is 2. The second-order valence-corrected chi connectivity index (χ2v) is 4.26. The van der Waals surface area contributed by atoms with E-state index >= 15 is 0 Å². The van der Waals surface area contributed by atoms with Crippen molar-refractivity contribution < 1.29 is 13.2 Å². The second-order valence-electron chi connectivity index (χ2n) is 4.26. The highest BCUT2D eigenvalue weighted by Crippen LogP contribution is 2.34. The van der Waals surface area contributed by atoms with Gasteiger partial charge in [-0.15, -0.1) is 0 Å². The first-order valence-electron chi connectivity index (χ1n) is 5.48. The molecule has 96 valence electrons. The molecule has 0 saturated carbocycles. The van der Waals surface area contributed by atoms with Crippen LogP contribution in [-0.4, -0.2) is 26.2 Å². The van der Waals surface area contributed by atoms with Gasteiger partial charge in [-0.1, -0.05) is 0 Å². The Morgan fingerprint density at radius 2 is 2.06 bits per heavy atom. The molecule has 18 heavy (non-hydrogen) atoms. The Bertz CT molecular complexity index is 486. The highest BCUT2D eigenvalue weighted by molar-refractivity contribution is 5.55. The fraction of sp³-hybridized carbons (Fsp3) is 0.417. The fourth-order valence-corrected chi connectivity index (χ4v) is 1.84. The number of hydrogen-bond donors (Lipinski definition) is 1. The van der Waals surface area contributed by atoms with E-state index in [1.54, 1.807) is 24.1 Å². The van der Waals surface area contributed by atoms with E-state index in [1.807, 2.05) is 0 Å². The summed E-state index contributed by atoms with van der Waals surface area (Å²) in [5, 5.41) is 11.8. The minimum atomic E-state index is -4.50. The number of anilines is 1. The number of benzene rings is 1. The minimum Gasteiger partial charge on any atom is -0.369 e. The van der Waals surface area contributed by atoms with Gasteiger partial charge in [-0.2, -0.15) is 18.4 Å². The molecule has 6 heteroatoms. The van der Waals surface area contributed by atoms with Gasteiger partial charge in [-0.05, 0) is 18.2 Å². The monoisotopic (exact) mass is 255 g/mol. The van der Waals surface area contributed by atoms with E-state index in [9.17, 15) is 13.2 Å². The molecule has 2 rings (SSSR count). The van der Waals surface area contributed by atoms with Crippen LogP contribution in [0.25, 0.3) is 0 Å². The molecule has 0 aliphatic carbocycles. The van der Waals surface area contributed by atoms with Crippen LogP contribution in [0.3, 0.4) is 0 Å². The predicted octanol–water partition coefficient (Wildman–Crippen LogP) is 1.99. The predicted molar refractivity (Wildman–Crippen MR) is 61.2 cm³/mol. The lowest BCUT2D eigenvalue weighted by molar-refractivity contribution is -0.137. The Hall–Kier alpha value is -1.74. The van der Waals surface area contributed by atoms with E-state index in [1.165, 1.54) is 6.07 Å². The van der Waals surface area contributed by atoms with Crippen LogP contribution < -0.4 is 10.2 Å². The molecule has 3 nitrogen and oxygen atoms in total. The molecular formula is C12H12F3N3. The van der Waals surface area contributed by atoms with Crippen LogP contribution in [-0.2, 0) is 6.18 Å². The van der Waals surface area contributed by atoms with Crippen molar-refractivity contribution in [3.63, 3.8) is 0 Å². The summed E-state index contributed by atoms with van der Waals surface area (Å²) in [6.07, 6.45) is -4.50. The van der Waals surface area contributed by atoms with Gasteiger partial charge in [0.15, 0.2) is 0 Å². The van der Waals surface area contributed by atoms with Crippen LogP contribution in [0.15, 0.2) is 18.2 Å². The van der Waals surface area contributed by atoms with Crippen molar-refractivity contribution in [1.29, 1.82) is 5.26 Å². The molecule has 1 N–H and O–H groups in total. The lowest BCUT2D eigenvalue weighted by Crippen LogP contribution is -2.56. The molecule has 0 atom stereocenters. The van der Waals surface area contributed by atoms with Crippen molar-refractivity contribution in [2.45, 2.75) is 12.2 Å². The molecule has 1 saturated heterocycles. The number of alkyl halides is 3. The number of likely N-dealkylation sites (N-methyl/N-ethyl adjacent to an activating group) is 1. The fourth-order valence-electron chi connectivity index (χ4n) is 1.84. The SMILES string of the molecule is CN(c1ccc(C#N)c(C(F)(F)F)c1)C1CNC1. The Kier molecular flexibility index (Phi) is 3.18. The smallest absolute Gasteiger partial charge is 0.369 e. The molecule has 1 aliphatic heterocycles. The van der Waals surface area contributed by atoms with Gasteiger partial charge in [-0.25, -0.2) is 0 Å². The lowest BCUT2D eigenvalue weighted by atomic mass is 10.0. The first-order chi connectivity index (χ1) is 8.43. The van der Waals surface area contributed by atoms with Crippen LogP contribution in [0, 0.1) is 11.3 Å². The van der Waals surface area contributed by atoms with Crippen LogP contribution in [0.2, 0.25) is 0 Å². The summed E-state index contributed by atoms with van der Waals surface area (Å²) < 4.78 is 38.4. The van der Waals surface area contributed by atoms with E-state index in [0.717, 1.165) is 19.2 Å². The van der Waals surface area contributed by atoms with Gasteiger partial charge in [0.1, 0.15) is 0 Å². The lowest BCUT2D eigenvalue weighted by Gasteiger charge is -2.37. The largest absolute Gasteiger partial charge is 0.417 e. The molecule has 0 amide bonds. The number of nitrogens with one attached hydrogen (secondary N) is 1. The van der Waals surface area contributed by atoms with Gasteiger partial charge >= 0.3 is 6.18 Å². The average Bonchev–Trinajstić information content (AvgIpc) is 2.24. The summed E-state index contributed by atoms with van der Waals surface area (Å²) >= 11 is 0. The van der Waals surface area contributed by atoms with Crippen LogP contribution >= 0.6 is 0 Å². The third-order valence-electron chi connectivity index (χ3n) is 3.14. The Morgan fingerprint density at radius 3 is 2.50 bits per heavy atom. The number of nitrogens with zero attached hydrogens (tertiary/aromatic N) is 2. The topological polar surface area (TPSA) is 39.1 Å². The van der Waals surface area contributed by atoms with Gasteiger partial charge < -0.3 is 10.2 Å². The average molecular weight is 255 g/mol.